The number of unbranched alkanes of at least 4 members (excludes halogenated alkanes) is 18. The Morgan fingerprint density at radius 3 is 1.44 bits per heavy atom. The summed E-state index contributed by atoms with van der Waals surface area (Å²) in [5.74, 6) is -0.297. The van der Waals surface area contributed by atoms with Crippen molar-refractivity contribution < 1.29 is 89.4 Å². The van der Waals surface area contributed by atoms with Gasteiger partial charge in [-0.2, -0.15) is 0 Å². The van der Waals surface area contributed by atoms with Crippen LogP contribution in [-0.2, 0) is 33.2 Å². The van der Waals surface area contributed by atoms with Gasteiger partial charge in [-0.15, -0.1) is 0 Å². The third kappa shape index (κ3) is 24.8. The molecule has 0 radical (unpaired) electrons. The van der Waals surface area contributed by atoms with Gasteiger partial charge in [0, 0.05) is 6.42 Å². The van der Waals surface area contributed by atoms with Crippen molar-refractivity contribution >= 4 is 5.91 Å². The first-order valence-electron chi connectivity index (χ1n) is 28.4. The van der Waals surface area contributed by atoms with Crippen LogP contribution in [0.4, 0.5) is 0 Å². The Hall–Kier alpha value is -2.25. The number of hydrogen-bond acceptors (Lipinski definition) is 18. The van der Waals surface area contributed by atoms with Gasteiger partial charge in [0.05, 0.1) is 38.6 Å². The maximum absolute atomic E-state index is 13.3. The fourth-order valence-corrected chi connectivity index (χ4v) is 9.35. The molecular formula is C56H99NO18. The standard InChI is InChI=1S/C56H99NO18/c1-3-5-7-9-11-13-15-17-18-19-20-22-24-26-28-30-32-34-44(62)57-39(40(61)33-31-29-27-25-23-21-16-14-12-10-8-6-4-2)38-70-54-50(68)47(65)52(42(36-59)72-54)75-56-51(69)48(66)53(43(37-60)73-56)74-55-49(67)46(64)45(63)41(35-58)71-55/h11,13,17-18,23,25,31,33,39-43,45-56,58-61,63-69H,3-10,12,14-16,19-22,24,26-30,32,34-38H2,1-2H3,(H,57,62)/b13-11-,18-17-,25-23+,33-31+. The Bertz CT molecular complexity index is 1570. The van der Waals surface area contributed by atoms with Crippen LogP contribution in [0, 0.1) is 0 Å². The average molecular weight is 1070 g/mol. The first-order valence-corrected chi connectivity index (χ1v) is 28.4. The zero-order valence-corrected chi connectivity index (χ0v) is 45.0. The topological polar surface area (TPSA) is 307 Å². The van der Waals surface area contributed by atoms with Gasteiger partial charge in [0.25, 0.3) is 0 Å². The fourth-order valence-electron chi connectivity index (χ4n) is 9.35. The van der Waals surface area contributed by atoms with Gasteiger partial charge in [0.1, 0.15) is 73.2 Å². The first-order chi connectivity index (χ1) is 36.3. The molecule has 0 aliphatic carbocycles. The lowest BCUT2D eigenvalue weighted by Gasteiger charge is -2.48. The molecule has 0 aromatic carbocycles. The predicted octanol–water partition coefficient (Wildman–Crippen LogP) is 3.92. The Labute approximate surface area is 446 Å². The highest BCUT2D eigenvalue weighted by atomic mass is 16.8. The minimum absolute atomic E-state index is 0.225. The van der Waals surface area contributed by atoms with E-state index in [0.717, 1.165) is 77.0 Å². The number of carbonyl (C=O) groups is 1. The summed E-state index contributed by atoms with van der Waals surface area (Å²) in [6.07, 6.45) is 15.3. The Balaban J connectivity index is 1.54. The van der Waals surface area contributed by atoms with Crippen LogP contribution in [-0.4, -0.2) is 193 Å². The molecule has 19 nitrogen and oxygen atoms in total. The van der Waals surface area contributed by atoms with Crippen molar-refractivity contribution in [1.29, 1.82) is 0 Å². The normalized spacial score (nSPS) is 31.6. The van der Waals surface area contributed by atoms with E-state index in [1.165, 1.54) is 57.8 Å². The Morgan fingerprint density at radius 2 is 0.893 bits per heavy atom. The van der Waals surface area contributed by atoms with Gasteiger partial charge in [-0.05, 0) is 64.2 Å². The van der Waals surface area contributed by atoms with Crippen molar-refractivity contribution in [3.8, 4) is 0 Å². The molecule has 19 heteroatoms. The van der Waals surface area contributed by atoms with Crippen molar-refractivity contribution in [2.45, 2.75) is 272 Å². The van der Waals surface area contributed by atoms with Crippen LogP contribution in [0.5, 0.6) is 0 Å². The number of hydrogen-bond donors (Lipinski definition) is 12. The lowest BCUT2D eigenvalue weighted by molar-refractivity contribution is -0.379. The van der Waals surface area contributed by atoms with Crippen LogP contribution in [0.3, 0.4) is 0 Å². The van der Waals surface area contributed by atoms with Crippen LogP contribution >= 0.6 is 0 Å². The molecular weight excluding hydrogens is 975 g/mol. The van der Waals surface area contributed by atoms with Crippen molar-refractivity contribution in [2.75, 3.05) is 26.4 Å². The minimum Gasteiger partial charge on any atom is -0.394 e. The third-order valence-electron chi connectivity index (χ3n) is 14.1. The molecule has 0 bridgehead atoms. The zero-order chi connectivity index (χ0) is 54.8. The number of nitrogens with one attached hydrogen (secondary N) is 1. The molecule has 17 atom stereocenters. The zero-order valence-electron chi connectivity index (χ0n) is 45.0. The molecule has 75 heavy (non-hydrogen) atoms. The molecule has 1 amide bonds. The molecule has 0 spiro atoms. The summed E-state index contributed by atoms with van der Waals surface area (Å²) in [4.78, 5) is 13.3. The second kappa shape index (κ2) is 40.0. The summed E-state index contributed by atoms with van der Waals surface area (Å²) in [6.45, 7) is 1.63. The SMILES string of the molecule is CCCCC/C=C\C/C=C\CCCCCCCCCC(=O)NC(COC1OC(CO)C(OC2OC(CO)C(OC3OC(CO)C(O)C(O)C3O)C(O)C2O)C(O)C1O)C(O)/C=C/CC/C=C/CCCCCCCCC. The van der Waals surface area contributed by atoms with E-state index in [0.29, 0.717) is 12.8 Å². The Kier molecular flexibility index (Phi) is 35.8. The van der Waals surface area contributed by atoms with E-state index in [9.17, 15) is 61.0 Å². The van der Waals surface area contributed by atoms with Crippen LogP contribution < -0.4 is 5.32 Å². The van der Waals surface area contributed by atoms with Crippen molar-refractivity contribution in [2.24, 2.45) is 0 Å². The first kappa shape index (κ1) is 67.0. The molecule has 0 saturated carbocycles. The molecule has 0 aromatic heterocycles. The quantitative estimate of drug-likeness (QED) is 0.0306. The molecule has 3 fully saturated rings. The maximum atomic E-state index is 13.3. The molecule has 12 N–H and O–H groups in total. The van der Waals surface area contributed by atoms with E-state index in [1.54, 1.807) is 6.08 Å². The maximum Gasteiger partial charge on any atom is 0.220 e. The molecule has 0 aromatic rings. The van der Waals surface area contributed by atoms with Gasteiger partial charge in [-0.3, -0.25) is 4.79 Å². The van der Waals surface area contributed by atoms with Gasteiger partial charge in [-0.1, -0.05) is 146 Å². The molecule has 3 heterocycles. The highest BCUT2D eigenvalue weighted by Gasteiger charge is 2.53. The monoisotopic (exact) mass is 1070 g/mol. The van der Waals surface area contributed by atoms with E-state index < -0.39 is 124 Å². The molecule has 3 saturated heterocycles. The van der Waals surface area contributed by atoms with Gasteiger partial charge < -0.3 is 89.9 Å². The van der Waals surface area contributed by atoms with Gasteiger partial charge in [-0.25, -0.2) is 0 Å². The third-order valence-corrected chi connectivity index (χ3v) is 14.1. The summed E-state index contributed by atoms with van der Waals surface area (Å²) >= 11 is 0. The number of rotatable bonds is 40. The van der Waals surface area contributed by atoms with Crippen LogP contribution in [0.15, 0.2) is 48.6 Å². The molecule has 3 aliphatic heterocycles. The van der Waals surface area contributed by atoms with Crippen LogP contribution in [0.1, 0.15) is 168 Å². The summed E-state index contributed by atoms with van der Waals surface area (Å²) < 4.78 is 34.1. The van der Waals surface area contributed by atoms with E-state index in [1.807, 2.05) is 6.08 Å². The van der Waals surface area contributed by atoms with Gasteiger partial charge in [0.15, 0.2) is 18.9 Å². The molecule has 17 unspecified atom stereocenters. The average Bonchev–Trinajstić information content (AvgIpc) is 3.41. The summed E-state index contributed by atoms with van der Waals surface area (Å²) in [6, 6.07) is -0.993. The number of aliphatic hydroxyl groups is 11. The smallest absolute Gasteiger partial charge is 0.220 e. The second-order valence-corrected chi connectivity index (χ2v) is 20.4. The lowest BCUT2D eigenvalue weighted by Crippen LogP contribution is -2.66. The number of amides is 1. The van der Waals surface area contributed by atoms with E-state index >= 15 is 0 Å². The number of ether oxygens (including phenoxy) is 6. The van der Waals surface area contributed by atoms with E-state index in [2.05, 4.69) is 55.6 Å². The highest BCUT2D eigenvalue weighted by Crippen LogP contribution is 2.33. The van der Waals surface area contributed by atoms with Crippen molar-refractivity contribution in [3.05, 3.63) is 48.6 Å². The summed E-state index contributed by atoms with van der Waals surface area (Å²) in [7, 11) is 0. The molecule has 436 valence electrons. The van der Waals surface area contributed by atoms with Crippen LogP contribution in [0.2, 0.25) is 0 Å². The van der Waals surface area contributed by atoms with E-state index in [-0.39, 0.29) is 18.9 Å². The lowest BCUT2D eigenvalue weighted by atomic mass is 9.96. The fraction of sp³-hybridized carbons (Fsp3) is 0.839. The van der Waals surface area contributed by atoms with Crippen molar-refractivity contribution in [1.82, 2.24) is 5.32 Å². The van der Waals surface area contributed by atoms with Crippen molar-refractivity contribution in [3.63, 3.8) is 0 Å². The summed E-state index contributed by atoms with van der Waals surface area (Å²) in [5, 5.41) is 120. The Morgan fingerprint density at radius 1 is 0.480 bits per heavy atom. The second-order valence-electron chi connectivity index (χ2n) is 20.4. The predicted molar refractivity (Wildman–Crippen MR) is 282 cm³/mol. The van der Waals surface area contributed by atoms with Gasteiger partial charge >= 0.3 is 0 Å². The number of carbonyl (C=O) groups excluding carboxylic acids is 1. The van der Waals surface area contributed by atoms with Crippen LogP contribution in [0.25, 0.3) is 0 Å². The molecule has 3 aliphatic rings. The highest BCUT2D eigenvalue weighted by molar-refractivity contribution is 5.76. The largest absolute Gasteiger partial charge is 0.394 e. The number of allylic oxidation sites excluding steroid dienone is 7. The number of aliphatic hydroxyl groups excluding tert-OH is 11. The van der Waals surface area contributed by atoms with Gasteiger partial charge in [0.2, 0.25) is 5.91 Å². The minimum atomic E-state index is -1.98. The van der Waals surface area contributed by atoms with E-state index in [4.69, 9.17) is 28.4 Å². The summed E-state index contributed by atoms with van der Waals surface area (Å²) in [5.41, 5.74) is 0. The molecule has 3 rings (SSSR count).